The summed E-state index contributed by atoms with van der Waals surface area (Å²) in [5.41, 5.74) is 0.414. The molecule has 0 bridgehead atoms. The number of fused-ring (bicyclic) bond motifs is 1. The van der Waals surface area contributed by atoms with Crippen molar-refractivity contribution in [2.75, 3.05) is 6.79 Å². The van der Waals surface area contributed by atoms with E-state index in [1.165, 1.54) is 4.80 Å². The maximum Gasteiger partial charge on any atom is 0.244 e. The molecule has 3 rings (SSSR count). The van der Waals surface area contributed by atoms with Crippen LogP contribution in [-0.4, -0.2) is 38.4 Å². The summed E-state index contributed by atoms with van der Waals surface area (Å²) in [6.45, 7) is 5.93. The summed E-state index contributed by atoms with van der Waals surface area (Å²) >= 11 is 3.45. The molecular formula is C14H16BrN5O3. The normalized spacial score (nSPS) is 13.2. The number of carbonyl (C=O) groups is 1. The topological polar surface area (TPSA) is 91.2 Å². The van der Waals surface area contributed by atoms with Crippen molar-refractivity contribution in [1.82, 2.24) is 25.5 Å². The number of ether oxygens (including phenoxy) is 2. The van der Waals surface area contributed by atoms with Crippen molar-refractivity contribution in [3.63, 3.8) is 0 Å². The number of nitrogens with zero attached hydrogens (tertiary/aromatic N) is 4. The van der Waals surface area contributed by atoms with Crippen molar-refractivity contribution < 1.29 is 14.3 Å². The second-order valence-electron chi connectivity index (χ2n) is 6.13. The third-order valence-corrected chi connectivity index (χ3v) is 3.61. The lowest BCUT2D eigenvalue weighted by Crippen LogP contribution is -2.42. The van der Waals surface area contributed by atoms with Crippen LogP contribution in [0.1, 0.15) is 20.8 Å². The van der Waals surface area contributed by atoms with Crippen LogP contribution in [-0.2, 0) is 11.3 Å². The zero-order chi connectivity index (χ0) is 16.6. The first-order valence-electron chi connectivity index (χ1n) is 7.00. The molecule has 0 atom stereocenters. The fourth-order valence-corrected chi connectivity index (χ4v) is 2.59. The quantitative estimate of drug-likeness (QED) is 0.870. The number of amides is 1. The highest BCUT2D eigenvalue weighted by molar-refractivity contribution is 9.10. The van der Waals surface area contributed by atoms with E-state index >= 15 is 0 Å². The van der Waals surface area contributed by atoms with Crippen molar-refractivity contribution in [3.05, 3.63) is 16.6 Å². The molecule has 1 aliphatic rings. The fraction of sp³-hybridized carbons (Fsp3) is 0.429. The Balaban J connectivity index is 1.79. The van der Waals surface area contributed by atoms with Gasteiger partial charge in [-0.25, -0.2) is 0 Å². The minimum atomic E-state index is -0.305. The van der Waals surface area contributed by atoms with Crippen molar-refractivity contribution in [1.29, 1.82) is 0 Å². The standard InChI is InChI=1S/C14H16BrN5O3/c1-14(2,3)16-12(21)6-20-18-13(17-19-20)8-4-10-11(5-9(8)15)23-7-22-10/h4-5H,6-7H2,1-3H3,(H,16,21). The Hall–Kier alpha value is -2.16. The summed E-state index contributed by atoms with van der Waals surface area (Å²) in [7, 11) is 0. The number of hydrogen-bond acceptors (Lipinski definition) is 6. The van der Waals surface area contributed by atoms with E-state index in [2.05, 4.69) is 36.7 Å². The summed E-state index contributed by atoms with van der Waals surface area (Å²) in [6, 6.07) is 3.58. The number of hydrogen-bond donors (Lipinski definition) is 1. The molecule has 8 nitrogen and oxygen atoms in total. The lowest BCUT2D eigenvalue weighted by atomic mass is 10.1. The number of tetrazole rings is 1. The first kappa shape index (κ1) is 15.7. The van der Waals surface area contributed by atoms with Gasteiger partial charge in [-0.3, -0.25) is 4.79 Å². The molecule has 0 radical (unpaired) electrons. The molecule has 122 valence electrons. The van der Waals surface area contributed by atoms with Crippen LogP contribution in [0, 0.1) is 0 Å². The lowest BCUT2D eigenvalue weighted by Gasteiger charge is -2.19. The molecule has 9 heteroatoms. The van der Waals surface area contributed by atoms with Crippen LogP contribution in [0.3, 0.4) is 0 Å². The first-order chi connectivity index (χ1) is 10.8. The number of rotatable bonds is 3. The maximum atomic E-state index is 11.9. The van der Waals surface area contributed by atoms with Crippen molar-refractivity contribution in [3.8, 4) is 22.9 Å². The second kappa shape index (κ2) is 5.80. The van der Waals surface area contributed by atoms with E-state index in [9.17, 15) is 4.79 Å². The molecule has 23 heavy (non-hydrogen) atoms. The van der Waals surface area contributed by atoms with Gasteiger partial charge in [0.25, 0.3) is 0 Å². The van der Waals surface area contributed by atoms with E-state index in [1.54, 1.807) is 12.1 Å². The smallest absolute Gasteiger partial charge is 0.244 e. The lowest BCUT2D eigenvalue weighted by molar-refractivity contribution is -0.123. The van der Waals surface area contributed by atoms with Gasteiger partial charge in [-0.1, -0.05) is 0 Å². The molecule has 1 amide bonds. The van der Waals surface area contributed by atoms with E-state index < -0.39 is 0 Å². The molecule has 2 heterocycles. The third kappa shape index (κ3) is 3.61. The highest BCUT2D eigenvalue weighted by atomic mass is 79.9. The molecule has 0 spiro atoms. The zero-order valence-corrected chi connectivity index (χ0v) is 14.5. The van der Waals surface area contributed by atoms with Gasteiger partial charge >= 0.3 is 0 Å². The summed E-state index contributed by atoms with van der Waals surface area (Å²) in [5, 5.41) is 15.0. The number of carbonyl (C=O) groups excluding carboxylic acids is 1. The fourth-order valence-electron chi connectivity index (χ4n) is 2.09. The van der Waals surface area contributed by atoms with Gasteiger partial charge in [0.2, 0.25) is 18.5 Å². The molecule has 0 saturated carbocycles. The molecular weight excluding hydrogens is 366 g/mol. The van der Waals surface area contributed by atoms with Crippen molar-refractivity contribution in [2.45, 2.75) is 32.9 Å². The van der Waals surface area contributed by atoms with Gasteiger partial charge in [0.1, 0.15) is 6.54 Å². The monoisotopic (exact) mass is 381 g/mol. The largest absolute Gasteiger partial charge is 0.454 e. The van der Waals surface area contributed by atoms with Crippen molar-refractivity contribution >= 4 is 21.8 Å². The summed E-state index contributed by atoms with van der Waals surface area (Å²) in [6.07, 6.45) is 0. The summed E-state index contributed by atoms with van der Waals surface area (Å²) in [5.74, 6) is 1.52. The SMILES string of the molecule is CC(C)(C)NC(=O)Cn1nnc(-c2cc3c(cc2Br)OCO3)n1. The highest BCUT2D eigenvalue weighted by Crippen LogP contribution is 2.39. The molecule has 0 aliphatic carbocycles. The minimum Gasteiger partial charge on any atom is -0.454 e. The van der Waals surface area contributed by atoms with Gasteiger partial charge in [-0.15, -0.1) is 10.2 Å². The van der Waals surface area contributed by atoms with Crippen LogP contribution in [0.4, 0.5) is 0 Å². The Morgan fingerprint density at radius 2 is 2.04 bits per heavy atom. The highest BCUT2D eigenvalue weighted by Gasteiger charge is 2.20. The van der Waals surface area contributed by atoms with E-state index in [0.29, 0.717) is 17.3 Å². The van der Waals surface area contributed by atoms with Gasteiger partial charge in [0.15, 0.2) is 11.5 Å². The van der Waals surface area contributed by atoms with E-state index in [0.717, 1.165) is 10.0 Å². The van der Waals surface area contributed by atoms with Crippen LogP contribution >= 0.6 is 15.9 Å². The first-order valence-corrected chi connectivity index (χ1v) is 7.79. The van der Waals surface area contributed by atoms with Crippen LogP contribution in [0.15, 0.2) is 16.6 Å². The van der Waals surface area contributed by atoms with Crippen LogP contribution in [0.25, 0.3) is 11.4 Å². The molecule has 2 aromatic rings. The molecule has 0 fully saturated rings. The van der Waals surface area contributed by atoms with E-state index in [1.807, 2.05) is 20.8 Å². The van der Waals surface area contributed by atoms with Gasteiger partial charge in [-0.05, 0) is 54.0 Å². The van der Waals surface area contributed by atoms with Gasteiger partial charge in [0.05, 0.1) is 0 Å². The average molecular weight is 382 g/mol. The number of aromatic nitrogens is 4. The Morgan fingerprint density at radius 1 is 1.35 bits per heavy atom. The van der Waals surface area contributed by atoms with Gasteiger partial charge < -0.3 is 14.8 Å². The summed E-state index contributed by atoms with van der Waals surface area (Å²) in [4.78, 5) is 13.2. The Labute approximate surface area is 141 Å². The van der Waals surface area contributed by atoms with Crippen LogP contribution in [0.2, 0.25) is 0 Å². The minimum absolute atomic E-state index is 0.00639. The molecule has 1 aliphatic heterocycles. The average Bonchev–Trinajstić information content (AvgIpc) is 3.03. The third-order valence-electron chi connectivity index (χ3n) is 2.96. The number of benzene rings is 1. The molecule has 0 saturated heterocycles. The zero-order valence-electron chi connectivity index (χ0n) is 13.0. The molecule has 1 N–H and O–H groups in total. The van der Waals surface area contributed by atoms with E-state index in [-0.39, 0.29) is 24.8 Å². The maximum absolute atomic E-state index is 11.9. The molecule has 1 aromatic carbocycles. The predicted molar refractivity (Wildman–Crippen MR) is 85.0 cm³/mol. The second-order valence-corrected chi connectivity index (χ2v) is 6.98. The summed E-state index contributed by atoms with van der Waals surface area (Å²) < 4.78 is 11.4. The Bertz CT molecular complexity index is 753. The van der Waals surface area contributed by atoms with Gasteiger partial charge in [-0.2, -0.15) is 4.80 Å². The number of nitrogens with one attached hydrogen (secondary N) is 1. The van der Waals surface area contributed by atoms with Crippen molar-refractivity contribution in [2.24, 2.45) is 0 Å². The molecule has 1 aromatic heterocycles. The Morgan fingerprint density at radius 3 is 2.74 bits per heavy atom. The van der Waals surface area contributed by atoms with Gasteiger partial charge in [0, 0.05) is 15.6 Å². The van der Waals surface area contributed by atoms with Crippen LogP contribution < -0.4 is 14.8 Å². The number of halogens is 1. The Kier molecular flexibility index (Phi) is 3.97. The predicted octanol–water partition coefficient (Wildman–Crippen LogP) is 1.75. The molecule has 0 unspecified atom stereocenters. The van der Waals surface area contributed by atoms with Crippen LogP contribution in [0.5, 0.6) is 11.5 Å². The van der Waals surface area contributed by atoms with E-state index in [4.69, 9.17) is 9.47 Å².